The molecule has 0 bridgehead atoms. The Bertz CT molecular complexity index is 539. The van der Waals surface area contributed by atoms with Crippen LogP contribution in [0.3, 0.4) is 0 Å². The molecule has 0 aliphatic heterocycles. The maximum Gasteiger partial charge on any atom is 3.00 e. The van der Waals surface area contributed by atoms with E-state index in [4.69, 9.17) is 0 Å². The summed E-state index contributed by atoms with van der Waals surface area (Å²) in [6.07, 6.45) is 0. The summed E-state index contributed by atoms with van der Waals surface area (Å²) in [5.41, 5.74) is 3.39. The van der Waals surface area contributed by atoms with Crippen molar-refractivity contribution in [3.8, 4) is 17.2 Å². The summed E-state index contributed by atoms with van der Waals surface area (Å²) in [5.74, 6) is 0.238. The van der Waals surface area contributed by atoms with Gasteiger partial charge in [-0.25, -0.2) is 0 Å². The van der Waals surface area contributed by atoms with Crippen LogP contribution < -0.4 is 15.3 Å². The molecule has 126 valence electrons. The van der Waals surface area contributed by atoms with Gasteiger partial charge in [0.15, 0.2) is 0 Å². The fourth-order valence-corrected chi connectivity index (χ4v) is 1.61. The monoisotopic (exact) mass is 390 g/mol. The summed E-state index contributed by atoms with van der Waals surface area (Å²) in [4.78, 5) is 0. The summed E-state index contributed by atoms with van der Waals surface area (Å²) < 4.78 is 0. The van der Waals surface area contributed by atoms with Crippen molar-refractivity contribution in [1.82, 2.24) is 0 Å². The van der Waals surface area contributed by atoms with E-state index in [1.165, 1.54) is 0 Å². The van der Waals surface area contributed by atoms with Crippen LogP contribution in [0.4, 0.5) is 0 Å². The van der Waals surface area contributed by atoms with Gasteiger partial charge in [0.1, 0.15) is 0 Å². The fraction of sp³-hybridized carbons (Fsp3) is 0.143. The molecule has 3 aromatic carbocycles. The first kappa shape index (κ1) is 22.7. The van der Waals surface area contributed by atoms with Crippen molar-refractivity contribution >= 4 is 19.8 Å². The third-order valence-corrected chi connectivity index (χ3v) is 3.06. The van der Waals surface area contributed by atoms with Crippen LogP contribution in [0.5, 0.6) is 17.2 Å². The quantitative estimate of drug-likeness (QED) is 0.554. The summed E-state index contributed by atoms with van der Waals surface area (Å²) in [6, 6.07) is 20.2. The molecular weight excluding hydrogens is 370 g/mol. The van der Waals surface area contributed by atoms with Gasteiger partial charge in [-0.05, 0) is 20.8 Å². The Morgan fingerprint density at radius 2 is 0.560 bits per heavy atom. The van der Waals surface area contributed by atoms with Crippen molar-refractivity contribution in [2.24, 2.45) is 0 Å². The second kappa shape index (κ2) is 12.1. The van der Waals surface area contributed by atoms with Crippen LogP contribution in [-0.4, -0.2) is 19.8 Å². The number of benzene rings is 3. The average molecular weight is 391 g/mol. The van der Waals surface area contributed by atoms with Gasteiger partial charge >= 0.3 is 19.8 Å². The zero-order valence-corrected chi connectivity index (χ0v) is 17.2. The molecule has 0 aliphatic carbocycles. The predicted molar refractivity (Wildman–Crippen MR) is 97.6 cm³/mol. The van der Waals surface area contributed by atoms with Gasteiger partial charge in [0.25, 0.3) is 0 Å². The number of aryl methyl sites for hydroxylation is 3. The molecule has 0 aromatic heterocycles. The maximum atomic E-state index is 10.4. The smallest absolute Gasteiger partial charge is 0.872 e. The minimum Gasteiger partial charge on any atom is -0.872 e. The summed E-state index contributed by atoms with van der Waals surface area (Å²) in [6.45, 7) is 5.87. The minimum absolute atomic E-state index is 0. The van der Waals surface area contributed by atoms with E-state index in [1.54, 1.807) is 36.4 Å². The molecule has 4 heteroatoms. The predicted octanol–water partition coefficient (Wildman–Crippen LogP) is 2.83. The van der Waals surface area contributed by atoms with Crippen LogP contribution in [0.2, 0.25) is 0 Å². The van der Waals surface area contributed by atoms with Crippen LogP contribution >= 0.6 is 0 Å². The second-order valence-electron chi connectivity index (χ2n) is 5.44. The molecule has 0 unspecified atom stereocenters. The minimum atomic E-state index is 0. The fourth-order valence-electron chi connectivity index (χ4n) is 1.61. The molecule has 0 saturated heterocycles. The van der Waals surface area contributed by atoms with Crippen molar-refractivity contribution in [2.45, 2.75) is 20.8 Å². The molecule has 0 fully saturated rings. The first-order valence-corrected chi connectivity index (χ1v) is 7.58. The Balaban J connectivity index is 0.000000339. The van der Waals surface area contributed by atoms with Crippen LogP contribution in [0.15, 0.2) is 72.8 Å². The standard InChI is InChI=1S/3C7H8O.Ga/c3*1-6-2-4-7(8)5-3-6;/h3*2-5,8H,1H3;/q;;;+3/p-3. The molecule has 0 heterocycles. The van der Waals surface area contributed by atoms with E-state index in [9.17, 15) is 15.3 Å². The van der Waals surface area contributed by atoms with Gasteiger partial charge in [0, 0.05) is 0 Å². The van der Waals surface area contributed by atoms with E-state index in [2.05, 4.69) is 0 Å². The Labute approximate surface area is 162 Å². The SMILES string of the molecule is Cc1ccc([O-])cc1.Cc1ccc([O-])cc1.Cc1ccc([O-])cc1.[Ga+3]. The van der Waals surface area contributed by atoms with Gasteiger partial charge in [-0.3, -0.25) is 0 Å². The van der Waals surface area contributed by atoms with E-state index in [0.29, 0.717) is 0 Å². The molecule has 0 aliphatic rings. The Morgan fingerprint density at radius 3 is 0.680 bits per heavy atom. The van der Waals surface area contributed by atoms with Crippen LogP contribution in [0, 0.1) is 20.8 Å². The van der Waals surface area contributed by atoms with E-state index < -0.39 is 0 Å². The van der Waals surface area contributed by atoms with Crippen molar-refractivity contribution in [3.05, 3.63) is 89.5 Å². The normalized spacial score (nSPS) is 8.76. The van der Waals surface area contributed by atoms with Crippen molar-refractivity contribution in [1.29, 1.82) is 0 Å². The number of rotatable bonds is 0. The third-order valence-electron chi connectivity index (χ3n) is 3.06. The van der Waals surface area contributed by atoms with Crippen molar-refractivity contribution < 1.29 is 15.3 Å². The van der Waals surface area contributed by atoms with Crippen molar-refractivity contribution in [3.63, 3.8) is 0 Å². The Hall–Kier alpha value is -2.30. The molecule has 3 nitrogen and oxygen atoms in total. The summed E-state index contributed by atoms with van der Waals surface area (Å²) in [5, 5.41) is 31.3. The average Bonchev–Trinajstić information content (AvgIpc) is 2.57. The molecule has 0 radical (unpaired) electrons. The Kier molecular flexibility index (Phi) is 11.0. The Morgan fingerprint density at radius 1 is 0.400 bits per heavy atom. The summed E-state index contributed by atoms with van der Waals surface area (Å²) in [7, 11) is 0. The molecule has 3 aromatic rings. The topological polar surface area (TPSA) is 69.2 Å². The number of hydrogen-bond donors (Lipinski definition) is 0. The summed E-state index contributed by atoms with van der Waals surface area (Å²) >= 11 is 0. The molecule has 0 atom stereocenters. The van der Waals surface area contributed by atoms with Crippen LogP contribution in [0.25, 0.3) is 0 Å². The number of hydrogen-bond acceptors (Lipinski definition) is 3. The van der Waals surface area contributed by atoms with E-state index in [-0.39, 0.29) is 37.0 Å². The maximum absolute atomic E-state index is 10.4. The molecule has 0 saturated carbocycles. The zero-order valence-electron chi connectivity index (χ0n) is 14.7. The van der Waals surface area contributed by atoms with Crippen molar-refractivity contribution in [2.75, 3.05) is 0 Å². The molecule has 0 N–H and O–H groups in total. The second-order valence-corrected chi connectivity index (χ2v) is 5.44. The van der Waals surface area contributed by atoms with Gasteiger partial charge in [0.05, 0.1) is 0 Å². The van der Waals surface area contributed by atoms with Gasteiger partial charge < -0.3 is 15.3 Å². The first-order valence-electron chi connectivity index (χ1n) is 7.58. The molecular formula is C21H21GaO3. The van der Waals surface area contributed by atoms with Gasteiger partial charge in [-0.1, -0.05) is 89.5 Å². The first-order chi connectivity index (χ1) is 11.4. The van der Waals surface area contributed by atoms with Gasteiger partial charge in [0.2, 0.25) is 0 Å². The van der Waals surface area contributed by atoms with Crippen LogP contribution in [0.1, 0.15) is 16.7 Å². The third kappa shape index (κ3) is 11.0. The van der Waals surface area contributed by atoms with E-state index in [0.717, 1.165) is 16.7 Å². The molecule has 0 amide bonds. The zero-order chi connectivity index (χ0) is 17.9. The molecule has 3 rings (SSSR count). The largest absolute Gasteiger partial charge is 3.00 e. The van der Waals surface area contributed by atoms with E-state index in [1.807, 2.05) is 57.2 Å². The van der Waals surface area contributed by atoms with Gasteiger partial charge in [-0.2, -0.15) is 0 Å². The molecule has 25 heavy (non-hydrogen) atoms. The van der Waals surface area contributed by atoms with Crippen LogP contribution in [-0.2, 0) is 0 Å². The van der Waals surface area contributed by atoms with E-state index >= 15 is 0 Å². The molecule has 0 spiro atoms. The van der Waals surface area contributed by atoms with Gasteiger partial charge in [-0.15, -0.1) is 17.2 Å².